The molecule has 20 heavy (non-hydrogen) atoms. The van der Waals surface area contributed by atoms with Gasteiger partial charge >= 0.3 is 0 Å². The van der Waals surface area contributed by atoms with E-state index in [1.54, 1.807) is 6.07 Å². The summed E-state index contributed by atoms with van der Waals surface area (Å²) in [5, 5.41) is 3.31. The highest BCUT2D eigenvalue weighted by Crippen LogP contribution is 2.22. The van der Waals surface area contributed by atoms with Gasteiger partial charge in [-0.3, -0.25) is 0 Å². The average Bonchev–Trinajstić information content (AvgIpc) is 2.43. The van der Waals surface area contributed by atoms with Gasteiger partial charge in [0.2, 0.25) is 0 Å². The van der Waals surface area contributed by atoms with Crippen molar-refractivity contribution in [2.75, 3.05) is 7.05 Å². The minimum Gasteiger partial charge on any atom is -0.316 e. The smallest absolute Gasteiger partial charge is 0.137 e. The predicted molar refractivity (Wildman–Crippen MR) is 88.5 cm³/mol. The molecule has 0 aliphatic rings. The number of hydrogen-bond donors (Lipinski definition) is 1. The maximum Gasteiger partial charge on any atom is 0.137 e. The molecule has 0 radical (unpaired) electrons. The fourth-order valence-corrected chi connectivity index (χ4v) is 3.07. The van der Waals surface area contributed by atoms with E-state index < -0.39 is 0 Å². The van der Waals surface area contributed by atoms with Crippen LogP contribution in [-0.2, 0) is 12.8 Å². The molecule has 106 valence electrons. The van der Waals surface area contributed by atoms with Gasteiger partial charge < -0.3 is 5.32 Å². The molecule has 2 aromatic rings. The molecule has 0 bridgehead atoms. The van der Waals surface area contributed by atoms with Crippen molar-refractivity contribution >= 4 is 31.9 Å². The summed E-state index contributed by atoms with van der Waals surface area (Å²) in [7, 11) is 1.94. The van der Waals surface area contributed by atoms with Gasteiger partial charge in [-0.2, -0.15) is 0 Å². The minimum absolute atomic E-state index is 0.209. The molecule has 0 saturated heterocycles. The largest absolute Gasteiger partial charge is 0.316 e. The Labute approximate surface area is 135 Å². The van der Waals surface area contributed by atoms with Crippen LogP contribution in [0.3, 0.4) is 0 Å². The molecule has 1 unspecified atom stereocenters. The van der Waals surface area contributed by atoms with Crippen LogP contribution in [0.2, 0.25) is 0 Å². The quantitative estimate of drug-likeness (QED) is 0.765. The van der Waals surface area contributed by atoms with Gasteiger partial charge in [-0.25, -0.2) is 4.39 Å². The normalized spacial score (nSPS) is 12.4. The molecule has 1 N–H and O–H groups in total. The zero-order valence-corrected chi connectivity index (χ0v) is 14.3. The van der Waals surface area contributed by atoms with E-state index in [4.69, 9.17) is 0 Å². The molecule has 0 aliphatic carbocycles. The monoisotopic (exact) mass is 399 g/mol. The minimum atomic E-state index is -0.209. The average molecular weight is 401 g/mol. The molecular formula is C16H16Br2FN. The van der Waals surface area contributed by atoms with Crippen molar-refractivity contribution in [2.24, 2.45) is 0 Å². The molecule has 2 rings (SSSR count). The number of rotatable bonds is 5. The third-order valence-corrected chi connectivity index (χ3v) is 4.66. The van der Waals surface area contributed by atoms with Gasteiger partial charge in [-0.15, -0.1) is 0 Å². The molecule has 1 nitrogen and oxygen atoms in total. The lowest BCUT2D eigenvalue weighted by atomic mass is 9.99. The molecule has 0 fully saturated rings. The van der Waals surface area contributed by atoms with Crippen LogP contribution in [0.4, 0.5) is 4.39 Å². The summed E-state index contributed by atoms with van der Waals surface area (Å²) in [6.45, 7) is 0. The second-order valence-corrected chi connectivity index (χ2v) is 6.45. The SMILES string of the molecule is CNC(Cc1cccc(Br)c1)Cc1cccc(F)c1Br. The molecule has 0 aliphatic heterocycles. The van der Waals surface area contributed by atoms with Gasteiger partial charge in [0.05, 0.1) is 4.47 Å². The fourth-order valence-electron chi connectivity index (χ4n) is 2.20. The zero-order chi connectivity index (χ0) is 14.5. The maximum atomic E-state index is 13.5. The first-order chi connectivity index (χ1) is 9.60. The van der Waals surface area contributed by atoms with Gasteiger partial charge in [0, 0.05) is 10.5 Å². The maximum absolute atomic E-state index is 13.5. The van der Waals surface area contributed by atoms with Gasteiger partial charge in [-0.1, -0.05) is 40.2 Å². The molecular weight excluding hydrogens is 385 g/mol. The van der Waals surface area contributed by atoms with Crippen LogP contribution in [-0.4, -0.2) is 13.1 Å². The van der Waals surface area contributed by atoms with Crippen LogP contribution in [0.15, 0.2) is 51.4 Å². The van der Waals surface area contributed by atoms with Gasteiger partial charge in [0.1, 0.15) is 5.82 Å². The van der Waals surface area contributed by atoms with Crippen LogP contribution in [0.25, 0.3) is 0 Å². The Morgan fingerprint density at radius 1 is 1.10 bits per heavy atom. The first-order valence-corrected chi connectivity index (χ1v) is 8.03. The lowest BCUT2D eigenvalue weighted by Gasteiger charge is -2.17. The highest BCUT2D eigenvalue weighted by Gasteiger charge is 2.12. The molecule has 0 amide bonds. The van der Waals surface area contributed by atoms with E-state index in [0.29, 0.717) is 4.47 Å². The standard InChI is InChI=1S/C16H16Br2FN/c1-20-14(9-11-4-2-6-13(17)8-11)10-12-5-3-7-15(19)16(12)18/h2-8,14,20H,9-10H2,1H3. The summed E-state index contributed by atoms with van der Waals surface area (Å²) in [4.78, 5) is 0. The van der Waals surface area contributed by atoms with Crippen LogP contribution in [0.5, 0.6) is 0 Å². The van der Waals surface area contributed by atoms with E-state index >= 15 is 0 Å². The van der Waals surface area contributed by atoms with Crippen LogP contribution in [0.1, 0.15) is 11.1 Å². The first kappa shape index (κ1) is 15.7. The summed E-state index contributed by atoms with van der Waals surface area (Å²) in [5.74, 6) is -0.209. The van der Waals surface area contributed by atoms with E-state index in [9.17, 15) is 4.39 Å². The van der Waals surface area contributed by atoms with Crippen molar-refractivity contribution in [3.8, 4) is 0 Å². The van der Waals surface area contributed by atoms with Crippen molar-refractivity contribution in [3.63, 3.8) is 0 Å². The third-order valence-electron chi connectivity index (χ3n) is 3.28. The van der Waals surface area contributed by atoms with Crippen LogP contribution in [0, 0.1) is 5.82 Å². The summed E-state index contributed by atoms with van der Waals surface area (Å²) in [6, 6.07) is 13.7. The fraction of sp³-hybridized carbons (Fsp3) is 0.250. The molecule has 0 saturated carbocycles. The van der Waals surface area contributed by atoms with Gasteiger partial charge in [0.25, 0.3) is 0 Å². The summed E-state index contributed by atoms with van der Waals surface area (Å²) in [5.41, 5.74) is 2.24. The Morgan fingerprint density at radius 2 is 1.85 bits per heavy atom. The number of likely N-dealkylation sites (N-methyl/N-ethyl adjacent to an activating group) is 1. The number of hydrogen-bond acceptors (Lipinski definition) is 1. The highest BCUT2D eigenvalue weighted by atomic mass is 79.9. The lowest BCUT2D eigenvalue weighted by Crippen LogP contribution is -2.30. The molecule has 1 atom stereocenters. The Bertz CT molecular complexity index is 586. The van der Waals surface area contributed by atoms with Crippen molar-refractivity contribution < 1.29 is 4.39 Å². The number of halogens is 3. The molecule has 2 aromatic carbocycles. The Balaban J connectivity index is 2.11. The summed E-state index contributed by atoms with van der Waals surface area (Å²) >= 11 is 6.81. The van der Waals surface area contributed by atoms with Gasteiger partial charge in [-0.05, 0) is 65.1 Å². The van der Waals surface area contributed by atoms with Crippen molar-refractivity contribution in [1.29, 1.82) is 0 Å². The van der Waals surface area contributed by atoms with Crippen LogP contribution >= 0.6 is 31.9 Å². The van der Waals surface area contributed by atoms with Crippen molar-refractivity contribution in [3.05, 3.63) is 68.4 Å². The summed E-state index contributed by atoms with van der Waals surface area (Å²) < 4.78 is 15.2. The van der Waals surface area contributed by atoms with E-state index in [2.05, 4.69) is 49.3 Å². The number of nitrogens with one attached hydrogen (secondary N) is 1. The van der Waals surface area contributed by atoms with E-state index in [1.807, 2.05) is 25.2 Å². The van der Waals surface area contributed by atoms with Gasteiger partial charge in [0.15, 0.2) is 0 Å². The number of benzene rings is 2. The Hall–Kier alpha value is -0.710. The molecule has 0 aromatic heterocycles. The highest BCUT2D eigenvalue weighted by molar-refractivity contribution is 9.10. The predicted octanol–water partition coefficient (Wildman–Crippen LogP) is 4.72. The molecule has 4 heteroatoms. The van der Waals surface area contributed by atoms with E-state index in [0.717, 1.165) is 22.9 Å². The molecule has 0 spiro atoms. The Morgan fingerprint density at radius 3 is 2.55 bits per heavy atom. The second kappa shape index (κ2) is 7.34. The zero-order valence-electron chi connectivity index (χ0n) is 11.2. The second-order valence-electron chi connectivity index (χ2n) is 4.74. The Kier molecular flexibility index (Phi) is 5.75. The van der Waals surface area contributed by atoms with Crippen molar-refractivity contribution in [1.82, 2.24) is 5.32 Å². The van der Waals surface area contributed by atoms with Crippen LogP contribution < -0.4 is 5.32 Å². The summed E-state index contributed by atoms with van der Waals surface area (Å²) in [6.07, 6.45) is 1.68. The first-order valence-electron chi connectivity index (χ1n) is 6.44. The van der Waals surface area contributed by atoms with Crippen molar-refractivity contribution in [2.45, 2.75) is 18.9 Å². The molecule has 0 heterocycles. The van der Waals surface area contributed by atoms with E-state index in [1.165, 1.54) is 11.6 Å². The lowest BCUT2D eigenvalue weighted by molar-refractivity contribution is 0.550. The third kappa shape index (κ3) is 4.14. The van der Waals surface area contributed by atoms with E-state index in [-0.39, 0.29) is 11.9 Å². The topological polar surface area (TPSA) is 12.0 Å².